The van der Waals surface area contributed by atoms with Crippen molar-refractivity contribution in [1.29, 1.82) is 0 Å². The highest BCUT2D eigenvalue weighted by Gasteiger charge is 2.39. The van der Waals surface area contributed by atoms with Crippen LogP contribution in [0.5, 0.6) is 0 Å². The maximum absolute atomic E-state index is 12.0. The fourth-order valence-corrected chi connectivity index (χ4v) is 5.97. The van der Waals surface area contributed by atoms with E-state index in [0.717, 1.165) is 25.7 Å². The second-order valence-corrected chi connectivity index (χ2v) is 12.2. The van der Waals surface area contributed by atoms with Gasteiger partial charge in [-0.25, -0.2) is 0 Å². The third-order valence-corrected chi connectivity index (χ3v) is 8.74. The minimum Gasteiger partial charge on any atom is -0.550 e. The van der Waals surface area contributed by atoms with Gasteiger partial charge >= 0.3 is 11.9 Å². The Labute approximate surface area is 251 Å². The molecule has 2 N–H and O–H groups in total. The summed E-state index contributed by atoms with van der Waals surface area (Å²) in [6, 6.07) is 0. The monoisotopic (exact) mass is 581 g/mol. The number of rotatable bonds is 29. The van der Waals surface area contributed by atoms with Gasteiger partial charge in [0.2, 0.25) is 0 Å². The SMILES string of the molecule is CC/C=C/CCCCCCCCCCCCCCC[N+](CC(CC)C(=O)[O-])(CC(CC)C(=O)O)CC(CC)C(=O)O. The zero-order valence-corrected chi connectivity index (χ0v) is 26.9. The molecular weight excluding hydrogens is 518 g/mol. The first-order valence-corrected chi connectivity index (χ1v) is 16.8. The van der Waals surface area contributed by atoms with E-state index in [-0.39, 0.29) is 24.1 Å². The van der Waals surface area contributed by atoms with Gasteiger partial charge in [-0.1, -0.05) is 104 Å². The van der Waals surface area contributed by atoms with Crippen LogP contribution >= 0.6 is 0 Å². The molecule has 0 aliphatic rings. The number of unbranched alkanes of at least 4 members (excludes halogenated alkanes) is 13. The summed E-state index contributed by atoms with van der Waals surface area (Å²) < 4.78 is 0.220. The number of nitrogens with zero attached hydrogens (tertiary/aromatic N) is 1. The number of quaternary nitrogens is 1. The molecule has 0 spiro atoms. The van der Waals surface area contributed by atoms with Gasteiger partial charge in [0.15, 0.2) is 0 Å². The molecule has 7 heteroatoms. The predicted octanol–water partition coefficient (Wildman–Crippen LogP) is 7.23. The fraction of sp³-hybridized carbons (Fsp3) is 0.853. The first-order chi connectivity index (χ1) is 19.7. The van der Waals surface area contributed by atoms with Crippen molar-refractivity contribution in [3.8, 4) is 0 Å². The third-order valence-electron chi connectivity index (χ3n) is 8.74. The standard InChI is InChI=1S/C34H63NO6/c1-5-9-10-11-12-13-14-15-16-17-18-19-20-21-22-23-24-25-35(26-29(6-2)32(36)37,27-30(7-3)33(38)39)28-31(8-4)34(40)41/h9-10,29-31H,5-8,11-28H2,1-4H3,(H2-,36,37,38,39,40,41)/b10-9+. The highest BCUT2D eigenvalue weighted by atomic mass is 16.4. The molecule has 0 aromatic rings. The second-order valence-electron chi connectivity index (χ2n) is 12.2. The molecule has 0 aromatic heterocycles. The molecule has 240 valence electrons. The van der Waals surface area contributed by atoms with Crippen LogP contribution in [0.3, 0.4) is 0 Å². The average molecular weight is 582 g/mol. The van der Waals surface area contributed by atoms with Crippen molar-refractivity contribution in [3.63, 3.8) is 0 Å². The molecule has 0 saturated carbocycles. The number of hydrogen-bond acceptors (Lipinski definition) is 4. The first-order valence-electron chi connectivity index (χ1n) is 16.8. The van der Waals surface area contributed by atoms with Crippen molar-refractivity contribution in [1.82, 2.24) is 0 Å². The van der Waals surface area contributed by atoms with E-state index >= 15 is 0 Å². The van der Waals surface area contributed by atoms with Crippen molar-refractivity contribution < 1.29 is 34.2 Å². The lowest BCUT2D eigenvalue weighted by Crippen LogP contribution is -2.59. The number of carboxylic acid groups (broad SMARTS) is 3. The molecule has 0 aliphatic heterocycles. The lowest BCUT2D eigenvalue weighted by molar-refractivity contribution is -0.935. The number of aliphatic carboxylic acids is 3. The molecular formula is C34H63NO6. The Bertz CT molecular complexity index is 662. The van der Waals surface area contributed by atoms with E-state index in [4.69, 9.17) is 0 Å². The van der Waals surface area contributed by atoms with Gasteiger partial charge in [0, 0.05) is 5.92 Å². The Balaban J connectivity index is 4.75. The molecule has 0 heterocycles. The minimum absolute atomic E-state index is 0.220. The van der Waals surface area contributed by atoms with E-state index in [0.29, 0.717) is 25.8 Å². The summed E-state index contributed by atoms with van der Waals surface area (Å²) >= 11 is 0. The molecule has 0 aromatic carbocycles. The average Bonchev–Trinajstić information content (AvgIpc) is 2.94. The molecule has 41 heavy (non-hydrogen) atoms. The lowest BCUT2D eigenvalue weighted by atomic mass is 9.95. The van der Waals surface area contributed by atoms with Crippen LogP contribution in [0.25, 0.3) is 0 Å². The van der Waals surface area contributed by atoms with Crippen LogP contribution in [0.4, 0.5) is 0 Å². The first kappa shape index (κ1) is 39.1. The number of hydrogen-bond donors (Lipinski definition) is 2. The van der Waals surface area contributed by atoms with Gasteiger partial charge in [-0.3, -0.25) is 9.59 Å². The molecule has 0 radical (unpaired) electrons. The van der Waals surface area contributed by atoms with Gasteiger partial charge in [-0.2, -0.15) is 0 Å². The Kier molecular flexibility index (Phi) is 23.5. The van der Waals surface area contributed by atoms with Crippen LogP contribution in [0.2, 0.25) is 0 Å². The Hall–Kier alpha value is -1.89. The van der Waals surface area contributed by atoms with E-state index in [1.807, 2.05) is 13.8 Å². The molecule has 0 aliphatic carbocycles. The highest BCUT2D eigenvalue weighted by Crippen LogP contribution is 2.25. The molecule has 0 bridgehead atoms. The number of allylic oxidation sites excluding steroid dienone is 2. The summed E-state index contributed by atoms with van der Waals surface area (Å²) in [6.45, 7) is 8.97. The predicted molar refractivity (Wildman–Crippen MR) is 165 cm³/mol. The van der Waals surface area contributed by atoms with E-state index in [1.165, 1.54) is 70.6 Å². The van der Waals surface area contributed by atoms with Crippen molar-refractivity contribution in [2.45, 2.75) is 143 Å². The molecule has 0 saturated heterocycles. The van der Waals surface area contributed by atoms with Gasteiger partial charge in [0.25, 0.3) is 0 Å². The third kappa shape index (κ3) is 19.0. The maximum Gasteiger partial charge on any atom is 0.312 e. The second kappa shape index (κ2) is 24.7. The van der Waals surface area contributed by atoms with Crippen LogP contribution in [0.15, 0.2) is 12.2 Å². The summed E-state index contributed by atoms with van der Waals surface area (Å²) in [5.41, 5.74) is 0. The maximum atomic E-state index is 12.0. The number of carboxylic acids is 3. The summed E-state index contributed by atoms with van der Waals surface area (Å²) in [6.07, 6.45) is 24.0. The van der Waals surface area contributed by atoms with Crippen LogP contribution in [-0.4, -0.2) is 58.8 Å². The van der Waals surface area contributed by atoms with Crippen molar-refractivity contribution >= 4 is 17.9 Å². The Morgan fingerprint density at radius 1 is 0.585 bits per heavy atom. The van der Waals surface area contributed by atoms with E-state index in [9.17, 15) is 29.7 Å². The van der Waals surface area contributed by atoms with Gasteiger partial charge in [-0.15, -0.1) is 0 Å². The topological polar surface area (TPSA) is 115 Å². The Morgan fingerprint density at radius 2 is 0.951 bits per heavy atom. The van der Waals surface area contributed by atoms with Crippen LogP contribution in [0, 0.1) is 17.8 Å². The van der Waals surface area contributed by atoms with Crippen molar-refractivity contribution in [2.24, 2.45) is 17.8 Å². The zero-order chi connectivity index (χ0) is 30.9. The van der Waals surface area contributed by atoms with E-state index in [2.05, 4.69) is 19.1 Å². The Morgan fingerprint density at radius 3 is 1.29 bits per heavy atom. The van der Waals surface area contributed by atoms with Crippen LogP contribution < -0.4 is 5.11 Å². The fourth-order valence-electron chi connectivity index (χ4n) is 5.97. The number of carbonyl (C=O) groups is 3. The van der Waals surface area contributed by atoms with Gasteiger partial charge in [0.1, 0.15) is 11.8 Å². The number of carbonyl (C=O) groups excluding carboxylic acids is 1. The largest absolute Gasteiger partial charge is 0.550 e. The van der Waals surface area contributed by atoms with Crippen molar-refractivity contribution in [3.05, 3.63) is 12.2 Å². The molecule has 0 fully saturated rings. The van der Waals surface area contributed by atoms with E-state index < -0.39 is 35.7 Å². The molecule has 7 nitrogen and oxygen atoms in total. The molecule has 0 amide bonds. The van der Waals surface area contributed by atoms with E-state index in [1.54, 1.807) is 6.92 Å². The zero-order valence-electron chi connectivity index (χ0n) is 26.9. The minimum atomic E-state index is -1.14. The summed E-state index contributed by atoms with van der Waals surface area (Å²) in [7, 11) is 0. The van der Waals surface area contributed by atoms with Gasteiger partial charge in [0.05, 0.1) is 32.1 Å². The van der Waals surface area contributed by atoms with Gasteiger partial charge < -0.3 is 24.6 Å². The molecule has 3 atom stereocenters. The smallest absolute Gasteiger partial charge is 0.312 e. The molecule has 3 unspecified atom stereocenters. The highest BCUT2D eigenvalue weighted by molar-refractivity contribution is 5.70. The van der Waals surface area contributed by atoms with Crippen molar-refractivity contribution in [2.75, 3.05) is 26.2 Å². The lowest BCUT2D eigenvalue weighted by Gasteiger charge is -2.44. The van der Waals surface area contributed by atoms with Crippen LogP contribution in [-0.2, 0) is 14.4 Å². The van der Waals surface area contributed by atoms with Crippen LogP contribution in [0.1, 0.15) is 143 Å². The summed E-state index contributed by atoms with van der Waals surface area (Å²) in [5, 5.41) is 31.5. The normalized spacial score (nSPS) is 15.4. The summed E-state index contributed by atoms with van der Waals surface area (Å²) in [5.74, 6) is -4.94. The molecule has 0 rings (SSSR count). The summed E-state index contributed by atoms with van der Waals surface area (Å²) in [4.78, 5) is 35.8. The quantitative estimate of drug-likeness (QED) is 0.0547. The van der Waals surface area contributed by atoms with Gasteiger partial charge in [-0.05, 0) is 51.4 Å².